The first kappa shape index (κ1) is 11.8. The van der Waals surface area contributed by atoms with Gasteiger partial charge in [-0.1, -0.05) is 0 Å². The number of aromatic hydroxyl groups is 2. The molecule has 0 aliphatic carbocycles. The van der Waals surface area contributed by atoms with Gasteiger partial charge in [0, 0.05) is 0 Å². The Morgan fingerprint density at radius 1 is 0.824 bits per heavy atom. The Morgan fingerprint density at radius 2 is 1.47 bits per heavy atom. The molecule has 0 heterocycles. The molecule has 0 spiro atoms. The molecule has 0 bridgehead atoms. The van der Waals surface area contributed by atoms with Gasteiger partial charge in [0.2, 0.25) is 0 Å². The molecule has 4 nitrogen and oxygen atoms in total. The van der Waals surface area contributed by atoms with Crippen molar-refractivity contribution in [1.29, 1.82) is 0 Å². The maximum atomic E-state index is 9.65. The van der Waals surface area contributed by atoms with Crippen LogP contribution in [0.1, 0.15) is 0 Å². The maximum absolute atomic E-state index is 9.65. The molecule has 5 heteroatoms. The van der Waals surface area contributed by atoms with Gasteiger partial charge < -0.3 is 0 Å². The minimum atomic E-state index is 0.0675. The molecule has 2 rings (SSSR count). The first-order valence-corrected chi connectivity index (χ1v) is 7.26. The van der Waals surface area contributed by atoms with E-state index in [1.54, 1.807) is 30.3 Å². The van der Waals surface area contributed by atoms with Gasteiger partial charge in [-0.3, -0.25) is 0 Å². The predicted octanol–water partition coefficient (Wildman–Crippen LogP) is 1.77. The first-order valence-electron chi connectivity index (χ1n) is 5.16. The zero-order valence-corrected chi connectivity index (χ0v) is 13.5. The second-order valence-electron chi connectivity index (χ2n) is 3.68. The Labute approximate surface area is 109 Å². The van der Waals surface area contributed by atoms with Crippen LogP contribution in [0.3, 0.4) is 0 Å². The van der Waals surface area contributed by atoms with Crippen molar-refractivity contribution in [2.24, 2.45) is 10.2 Å². The second kappa shape index (κ2) is 5.07. The number of rotatable bonds is 2. The fraction of sp³-hybridized carbons (Fsp3) is 0. The molecule has 2 aromatic rings. The molecule has 2 N–H and O–H groups in total. The summed E-state index contributed by atoms with van der Waals surface area (Å²) in [6, 6.07) is 12.0. The quantitative estimate of drug-likeness (QED) is 0.652. The van der Waals surface area contributed by atoms with Crippen molar-refractivity contribution in [2.45, 2.75) is 0 Å². The van der Waals surface area contributed by atoms with E-state index < -0.39 is 0 Å². The number of phenolic OH excluding ortho intramolecular Hbond substituents is 2. The number of azo groups is 1. The predicted molar refractivity (Wildman–Crippen MR) is 68.6 cm³/mol. The summed E-state index contributed by atoms with van der Waals surface area (Å²) in [5, 5.41) is 27.0. The molecule has 17 heavy (non-hydrogen) atoms. The summed E-state index contributed by atoms with van der Waals surface area (Å²) in [4.78, 5) is 0. The SMILES string of the molecule is Oc1ccccc1/N=N/c1cc[c]([GaH2])cc1O. The normalized spacial score (nSPS) is 10.8. The Morgan fingerprint density at radius 3 is 2.12 bits per heavy atom. The van der Waals surface area contributed by atoms with Gasteiger partial charge >= 0.3 is 108 Å². The van der Waals surface area contributed by atoms with Crippen LogP contribution < -0.4 is 4.12 Å². The third kappa shape index (κ3) is 2.89. The van der Waals surface area contributed by atoms with E-state index in [2.05, 4.69) is 10.2 Å². The Kier molecular flexibility index (Phi) is 3.51. The summed E-state index contributed by atoms with van der Waals surface area (Å²) >= 11 is 0.526. The number of phenols is 2. The minimum absolute atomic E-state index is 0.0675. The molecular formula is C12H11GaN2O2. The van der Waals surface area contributed by atoms with Crippen LogP contribution in [0, 0.1) is 0 Å². The molecule has 0 aliphatic rings. The first-order chi connectivity index (χ1) is 8.16. The second-order valence-corrected chi connectivity index (χ2v) is 6.10. The monoisotopic (exact) mass is 284 g/mol. The molecule has 0 saturated heterocycles. The van der Waals surface area contributed by atoms with Crippen molar-refractivity contribution < 1.29 is 10.2 Å². The summed E-state index contributed by atoms with van der Waals surface area (Å²) in [5.74, 6) is 0.188. The summed E-state index contributed by atoms with van der Waals surface area (Å²) in [6.45, 7) is 0. The van der Waals surface area contributed by atoms with E-state index in [1.165, 1.54) is 6.07 Å². The summed E-state index contributed by atoms with van der Waals surface area (Å²) in [5.41, 5.74) is 0.784. The van der Waals surface area contributed by atoms with Crippen molar-refractivity contribution in [2.75, 3.05) is 0 Å². The fourth-order valence-electron chi connectivity index (χ4n) is 1.37. The van der Waals surface area contributed by atoms with Crippen LogP contribution in [-0.2, 0) is 0 Å². The fourth-order valence-corrected chi connectivity index (χ4v) is 2.30. The van der Waals surface area contributed by atoms with E-state index in [1.807, 2.05) is 6.07 Å². The number of benzene rings is 2. The van der Waals surface area contributed by atoms with E-state index in [0.29, 0.717) is 30.0 Å². The standard InChI is InChI=1S/C12H9N2O2.Ga.2H/c15-11-7-3-1-5-9(11)13-14-10-6-2-4-8-12(10)16;;;/h1-3,5-8,15-16H;;;/b14-13+;;;. The Balaban J connectivity index is 2.29. The molecule has 84 valence electrons. The van der Waals surface area contributed by atoms with Crippen LogP contribution in [0.15, 0.2) is 52.7 Å². The molecule has 0 atom stereocenters. The van der Waals surface area contributed by atoms with Crippen LogP contribution in [0.2, 0.25) is 0 Å². The summed E-state index contributed by atoms with van der Waals surface area (Å²) < 4.78 is 1.14. The van der Waals surface area contributed by atoms with Crippen molar-refractivity contribution in [3.05, 3.63) is 42.5 Å². The van der Waals surface area contributed by atoms with Crippen molar-refractivity contribution in [3.8, 4) is 11.5 Å². The number of hydrogen-bond donors (Lipinski definition) is 2. The zero-order chi connectivity index (χ0) is 12.3. The topological polar surface area (TPSA) is 65.2 Å². The van der Waals surface area contributed by atoms with E-state index in [9.17, 15) is 10.2 Å². The zero-order valence-electron chi connectivity index (χ0n) is 9.33. The van der Waals surface area contributed by atoms with E-state index >= 15 is 0 Å². The molecular weight excluding hydrogens is 274 g/mol. The number of hydrogen-bond acceptors (Lipinski definition) is 4. The average molecular weight is 285 g/mol. The molecule has 0 radical (unpaired) electrons. The Bertz CT molecular complexity index is 570. The van der Waals surface area contributed by atoms with Gasteiger partial charge in [0.05, 0.1) is 0 Å². The van der Waals surface area contributed by atoms with Crippen LogP contribution in [0.4, 0.5) is 11.4 Å². The van der Waals surface area contributed by atoms with Crippen LogP contribution in [0.5, 0.6) is 11.5 Å². The molecule has 0 amide bonds. The van der Waals surface area contributed by atoms with Gasteiger partial charge in [0.15, 0.2) is 0 Å². The Hall–Kier alpha value is -1.72. The van der Waals surface area contributed by atoms with Gasteiger partial charge in [-0.2, -0.15) is 0 Å². The third-order valence-corrected chi connectivity index (χ3v) is 3.58. The van der Waals surface area contributed by atoms with E-state index in [0.717, 1.165) is 4.12 Å². The molecule has 0 aliphatic heterocycles. The number of nitrogens with zero attached hydrogens (tertiary/aromatic N) is 2. The van der Waals surface area contributed by atoms with Crippen LogP contribution in [0.25, 0.3) is 0 Å². The van der Waals surface area contributed by atoms with E-state index in [-0.39, 0.29) is 11.5 Å². The molecule has 0 saturated carbocycles. The van der Waals surface area contributed by atoms with Crippen LogP contribution in [-0.4, -0.2) is 28.8 Å². The summed E-state index contributed by atoms with van der Waals surface area (Å²) in [7, 11) is 0. The average Bonchev–Trinajstić information content (AvgIpc) is 2.30. The number of para-hydroxylation sites is 1. The van der Waals surface area contributed by atoms with Gasteiger partial charge in [0.1, 0.15) is 0 Å². The third-order valence-electron chi connectivity index (χ3n) is 2.28. The summed E-state index contributed by atoms with van der Waals surface area (Å²) in [6.07, 6.45) is 0. The van der Waals surface area contributed by atoms with Crippen molar-refractivity contribution in [1.82, 2.24) is 0 Å². The van der Waals surface area contributed by atoms with Gasteiger partial charge in [-0.25, -0.2) is 0 Å². The van der Waals surface area contributed by atoms with Crippen LogP contribution >= 0.6 is 0 Å². The van der Waals surface area contributed by atoms with Crippen molar-refractivity contribution in [3.63, 3.8) is 0 Å². The van der Waals surface area contributed by atoms with Gasteiger partial charge in [-0.05, 0) is 0 Å². The van der Waals surface area contributed by atoms with E-state index in [4.69, 9.17) is 0 Å². The van der Waals surface area contributed by atoms with Gasteiger partial charge in [0.25, 0.3) is 0 Å². The van der Waals surface area contributed by atoms with Crippen molar-refractivity contribution >= 4 is 34.1 Å². The molecule has 0 unspecified atom stereocenters. The molecule has 2 aromatic carbocycles. The molecule has 0 fully saturated rings. The molecule has 0 aromatic heterocycles. The van der Waals surface area contributed by atoms with Gasteiger partial charge in [-0.15, -0.1) is 0 Å².